The number of nitriles is 1. The van der Waals surface area contributed by atoms with E-state index in [1.165, 1.54) is 5.56 Å². The van der Waals surface area contributed by atoms with Crippen molar-refractivity contribution in [1.29, 1.82) is 5.26 Å². The van der Waals surface area contributed by atoms with Gasteiger partial charge < -0.3 is 20.6 Å². The normalized spacial score (nSPS) is 11.2. The van der Waals surface area contributed by atoms with Crippen LogP contribution in [0.2, 0.25) is 20.1 Å². The maximum absolute atomic E-state index is 12.7. The summed E-state index contributed by atoms with van der Waals surface area (Å²) in [5.74, 6) is 0.625. The maximum atomic E-state index is 12.7. The van der Waals surface area contributed by atoms with Crippen LogP contribution in [0, 0.1) is 18.3 Å². The number of halogens is 4. The number of benzene rings is 6. The first-order valence-electron chi connectivity index (χ1n) is 18.3. The van der Waals surface area contributed by atoms with Gasteiger partial charge in [-0.15, -0.1) is 0 Å². The standard InChI is InChI=1S/C24H21Cl2N3O.C22H14Cl2N4O/c1-24(2,3)15-8-10-16(11-9-15)27-23(30)14-7-12-19-20(13-14)29-22(28-19)21-17(25)5-4-6-18(21)26;1-12-5-7-15(9-14(12)11-25)26-22(29)13-6-8-18-19(10-13)28-21(27-18)20-16(23)3-2-4-17(20)24/h4-13H,1-3H3,(H,27,30)(H,28,29);2-10H,1H3,(H,26,29)(H,27,28). The lowest BCUT2D eigenvalue weighted by Gasteiger charge is -2.19. The Balaban J connectivity index is 0.000000179. The zero-order valence-electron chi connectivity index (χ0n) is 32.1. The molecule has 2 heterocycles. The number of aromatic nitrogens is 4. The Labute approximate surface area is 360 Å². The molecule has 2 aromatic heterocycles. The van der Waals surface area contributed by atoms with Crippen molar-refractivity contribution >= 4 is 91.7 Å². The molecule has 0 radical (unpaired) electrons. The molecule has 9 nitrogen and oxygen atoms in total. The van der Waals surface area contributed by atoms with Crippen molar-refractivity contribution < 1.29 is 9.59 Å². The van der Waals surface area contributed by atoms with Crippen molar-refractivity contribution in [2.45, 2.75) is 33.1 Å². The van der Waals surface area contributed by atoms with Crippen LogP contribution >= 0.6 is 46.4 Å². The number of hydrogen-bond acceptors (Lipinski definition) is 5. The number of H-pyrrole nitrogens is 2. The van der Waals surface area contributed by atoms with Gasteiger partial charge in [-0.25, -0.2) is 9.97 Å². The van der Waals surface area contributed by atoms with Gasteiger partial charge >= 0.3 is 0 Å². The second-order valence-electron chi connectivity index (χ2n) is 14.7. The molecule has 0 saturated heterocycles. The summed E-state index contributed by atoms with van der Waals surface area (Å²) >= 11 is 25.1. The zero-order valence-corrected chi connectivity index (χ0v) is 35.2. The van der Waals surface area contributed by atoms with Crippen LogP contribution < -0.4 is 10.6 Å². The fourth-order valence-electron chi connectivity index (χ4n) is 6.27. The van der Waals surface area contributed by atoms with Crippen molar-refractivity contribution in [3.8, 4) is 28.8 Å². The smallest absolute Gasteiger partial charge is 0.255 e. The average Bonchev–Trinajstić information content (AvgIpc) is 3.82. The van der Waals surface area contributed by atoms with Crippen LogP contribution in [0.4, 0.5) is 11.4 Å². The molecule has 8 aromatic rings. The lowest BCUT2D eigenvalue weighted by atomic mass is 9.87. The summed E-state index contributed by atoms with van der Waals surface area (Å²) in [7, 11) is 0. The number of anilines is 2. The van der Waals surface area contributed by atoms with Crippen molar-refractivity contribution in [3.05, 3.63) is 163 Å². The third-order valence-corrected chi connectivity index (χ3v) is 10.8. The predicted octanol–water partition coefficient (Wildman–Crippen LogP) is 13.1. The minimum Gasteiger partial charge on any atom is -0.338 e. The van der Waals surface area contributed by atoms with E-state index in [-0.39, 0.29) is 17.2 Å². The molecule has 0 saturated carbocycles. The Bertz CT molecular complexity index is 2900. The maximum Gasteiger partial charge on any atom is 0.255 e. The highest BCUT2D eigenvalue weighted by Crippen LogP contribution is 2.35. The Morgan fingerprint density at radius 3 is 1.49 bits per heavy atom. The van der Waals surface area contributed by atoms with Gasteiger partial charge in [-0.2, -0.15) is 5.26 Å². The number of carbonyl (C=O) groups excluding carboxylic acids is 2. The molecule has 0 bridgehead atoms. The zero-order chi connectivity index (χ0) is 42.0. The Kier molecular flexibility index (Phi) is 11.8. The summed E-state index contributed by atoms with van der Waals surface area (Å²) in [6.45, 7) is 8.32. The average molecular weight is 860 g/mol. The van der Waals surface area contributed by atoms with E-state index in [0.29, 0.717) is 76.3 Å². The molecule has 4 N–H and O–H groups in total. The molecule has 0 atom stereocenters. The van der Waals surface area contributed by atoms with E-state index >= 15 is 0 Å². The highest BCUT2D eigenvalue weighted by Gasteiger charge is 2.17. The number of hydrogen-bond donors (Lipinski definition) is 4. The van der Waals surface area contributed by atoms with E-state index in [1.807, 2.05) is 31.2 Å². The summed E-state index contributed by atoms with van der Waals surface area (Å²) in [6.07, 6.45) is 0. The molecule has 294 valence electrons. The summed E-state index contributed by atoms with van der Waals surface area (Å²) in [6, 6.07) is 36.3. The van der Waals surface area contributed by atoms with Crippen LogP contribution in [-0.4, -0.2) is 31.8 Å². The van der Waals surface area contributed by atoms with Crippen molar-refractivity contribution in [3.63, 3.8) is 0 Å². The third-order valence-electron chi connectivity index (χ3n) is 9.51. The monoisotopic (exact) mass is 857 g/mol. The Hall–Kier alpha value is -6.15. The molecule has 0 aliphatic rings. The van der Waals surface area contributed by atoms with E-state index in [9.17, 15) is 9.59 Å². The topological polar surface area (TPSA) is 139 Å². The van der Waals surface area contributed by atoms with E-state index in [1.54, 1.807) is 91.0 Å². The minimum atomic E-state index is -0.286. The van der Waals surface area contributed by atoms with Gasteiger partial charge in [0.1, 0.15) is 11.6 Å². The van der Waals surface area contributed by atoms with Crippen LogP contribution in [0.3, 0.4) is 0 Å². The number of imidazole rings is 2. The van der Waals surface area contributed by atoms with E-state index in [2.05, 4.69) is 57.4 Å². The minimum absolute atomic E-state index is 0.0659. The summed E-state index contributed by atoms with van der Waals surface area (Å²) < 4.78 is 0. The van der Waals surface area contributed by atoms with Crippen molar-refractivity contribution in [2.24, 2.45) is 0 Å². The summed E-state index contributed by atoms with van der Waals surface area (Å²) in [5.41, 5.74) is 9.04. The molecule has 13 heteroatoms. The lowest BCUT2D eigenvalue weighted by molar-refractivity contribution is 0.101. The Morgan fingerprint density at radius 1 is 0.610 bits per heavy atom. The fourth-order valence-corrected chi connectivity index (χ4v) is 7.42. The highest BCUT2D eigenvalue weighted by molar-refractivity contribution is 6.39. The number of fused-ring (bicyclic) bond motifs is 2. The molecule has 8 rings (SSSR count). The van der Waals surface area contributed by atoms with Gasteiger partial charge in [-0.05, 0) is 108 Å². The lowest BCUT2D eigenvalue weighted by Crippen LogP contribution is -2.13. The van der Waals surface area contributed by atoms with Crippen LogP contribution in [0.5, 0.6) is 0 Å². The quantitative estimate of drug-likeness (QED) is 0.132. The highest BCUT2D eigenvalue weighted by atomic mass is 35.5. The predicted molar refractivity (Wildman–Crippen MR) is 240 cm³/mol. The van der Waals surface area contributed by atoms with Crippen molar-refractivity contribution in [2.75, 3.05) is 10.6 Å². The molecule has 0 aliphatic heterocycles. The van der Waals surface area contributed by atoms with E-state index < -0.39 is 0 Å². The molecule has 59 heavy (non-hydrogen) atoms. The first-order chi connectivity index (χ1) is 28.2. The van der Waals surface area contributed by atoms with Crippen LogP contribution in [0.25, 0.3) is 44.8 Å². The number of nitrogens with zero attached hydrogens (tertiary/aromatic N) is 3. The molecular formula is C46H35Cl4N7O2. The van der Waals surface area contributed by atoms with Crippen LogP contribution in [0.15, 0.2) is 115 Å². The molecule has 0 aliphatic carbocycles. The number of nitrogens with one attached hydrogen (secondary N) is 4. The van der Waals surface area contributed by atoms with Crippen LogP contribution in [0.1, 0.15) is 58.2 Å². The molecular weight excluding hydrogens is 824 g/mol. The second kappa shape index (κ2) is 17.0. The van der Waals surface area contributed by atoms with Gasteiger partial charge in [0.25, 0.3) is 11.8 Å². The molecule has 6 aromatic carbocycles. The van der Waals surface area contributed by atoms with Gasteiger partial charge in [-0.1, -0.05) is 97.5 Å². The third kappa shape index (κ3) is 9.12. The van der Waals surface area contributed by atoms with Crippen LogP contribution in [-0.2, 0) is 5.41 Å². The second-order valence-corrected chi connectivity index (χ2v) is 16.3. The number of aromatic amines is 2. The molecule has 0 spiro atoms. The number of carbonyl (C=O) groups is 2. The number of rotatable bonds is 6. The van der Waals surface area contributed by atoms with Crippen molar-refractivity contribution in [1.82, 2.24) is 19.9 Å². The largest absolute Gasteiger partial charge is 0.338 e. The van der Waals surface area contributed by atoms with Gasteiger partial charge in [0.15, 0.2) is 0 Å². The molecule has 2 amide bonds. The first-order valence-corrected chi connectivity index (χ1v) is 19.8. The Morgan fingerprint density at radius 2 is 1.05 bits per heavy atom. The molecule has 0 unspecified atom stereocenters. The SMILES string of the molecule is CC(C)(C)c1ccc(NC(=O)c2ccc3nc(-c4c(Cl)cccc4Cl)[nH]c3c2)cc1.Cc1ccc(NC(=O)c2ccc3nc(-c4c(Cl)cccc4Cl)[nH]c3c2)cc1C#N. The van der Waals surface area contributed by atoms with Gasteiger partial charge in [0.05, 0.1) is 64.9 Å². The number of amides is 2. The molecule has 0 fully saturated rings. The fraction of sp³-hybridized carbons (Fsp3) is 0.109. The van der Waals surface area contributed by atoms with Gasteiger partial charge in [0, 0.05) is 22.5 Å². The van der Waals surface area contributed by atoms with Gasteiger partial charge in [0.2, 0.25) is 0 Å². The van der Waals surface area contributed by atoms with E-state index in [4.69, 9.17) is 51.7 Å². The summed E-state index contributed by atoms with van der Waals surface area (Å²) in [5, 5.41) is 16.9. The first kappa shape index (κ1) is 41.0. The van der Waals surface area contributed by atoms with Gasteiger partial charge in [-0.3, -0.25) is 9.59 Å². The summed E-state index contributed by atoms with van der Waals surface area (Å²) in [4.78, 5) is 40.9. The van der Waals surface area contributed by atoms with E-state index in [0.717, 1.165) is 22.3 Å². The number of aryl methyl sites for hydroxylation is 1.